The molecule has 0 saturated carbocycles. The van der Waals surface area contributed by atoms with E-state index in [4.69, 9.17) is 0 Å². The van der Waals surface area contributed by atoms with E-state index < -0.39 is 0 Å². The van der Waals surface area contributed by atoms with Crippen LogP contribution in [0.4, 0.5) is 0 Å². The third-order valence-electron chi connectivity index (χ3n) is 2.56. The van der Waals surface area contributed by atoms with Crippen LogP contribution < -0.4 is 0 Å². The van der Waals surface area contributed by atoms with Crippen molar-refractivity contribution < 1.29 is 10.2 Å². The topological polar surface area (TPSA) is 53.4 Å². The number of halogens is 1. The van der Waals surface area contributed by atoms with Crippen molar-refractivity contribution in [2.45, 2.75) is 0 Å². The summed E-state index contributed by atoms with van der Waals surface area (Å²) in [5, 5.41) is 19.8. The molecule has 0 saturated heterocycles. The van der Waals surface area contributed by atoms with Gasteiger partial charge in [0.1, 0.15) is 16.5 Å². The van der Waals surface area contributed by atoms with E-state index in [1.165, 1.54) is 23.5 Å². The van der Waals surface area contributed by atoms with E-state index in [0.717, 1.165) is 19.7 Å². The molecule has 0 atom stereocenters. The molecule has 0 amide bonds. The number of phenols is 2. The highest BCUT2D eigenvalue weighted by atomic mass is 79.9. The second-order valence-corrected chi connectivity index (χ2v) is 5.78. The molecule has 0 radical (unpaired) electrons. The standard InChI is InChI=1S/C13H8BrNO2S/c14-7-1-4-10-12(5-7)18-13(15-10)9-3-2-8(16)6-11(9)17/h1-6,16-17H. The fraction of sp³-hybridized carbons (Fsp3) is 0. The highest BCUT2D eigenvalue weighted by Crippen LogP contribution is 2.37. The van der Waals surface area contributed by atoms with E-state index in [0.29, 0.717) is 5.56 Å². The average molecular weight is 322 g/mol. The fourth-order valence-electron chi connectivity index (χ4n) is 1.71. The van der Waals surface area contributed by atoms with Crippen LogP contribution in [0.15, 0.2) is 40.9 Å². The molecule has 0 fully saturated rings. The van der Waals surface area contributed by atoms with E-state index in [9.17, 15) is 10.2 Å². The number of benzene rings is 2. The van der Waals surface area contributed by atoms with Crippen molar-refractivity contribution in [2.24, 2.45) is 0 Å². The van der Waals surface area contributed by atoms with Crippen molar-refractivity contribution in [1.29, 1.82) is 0 Å². The summed E-state index contributed by atoms with van der Waals surface area (Å²) < 4.78 is 2.05. The second kappa shape index (κ2) is 4.26. The number of hydrogen-bond acceptors (Lipinski definition) is 4. The Balaban J connectivity index is 2.19. The third kappa shape index (κ3) is 1.95. The van der Waals surface area contributed by atoms with Crippen molar-refractivity contribution >= 4 is 37.5 Å². The lowest BCUT2D eigenvalue weighted by Gasteiger charge is -2.00. The van der Waals surface area contributed by atoms with E-state index in [-0.39, 0.29) is 11.5 Å². The van der Waals surface area contributed by atoms with Gasteiger partial charge < -0.3 is 10.2 Å². The Bertz CT molecular complexity index is 739. The Morgan fingerprint density at radius 2 is 1.89 bits per heavy atom. The summed E-state index contributed by atoms with van der Waals surface area (Å²) in [7, 11) is 0. The number of rotatable bonds is 1. The summed E-state index contributed by atoms with van der Waals surface area (Å²) in [6, 6.07) is 10.4. The number of thiazole rings is 1. The van der Waals surface area contributed by atoms with Crippen molar-refractivity contribution in [3.05, 3.63) is 40.9 Å². The molecule has 0 bridgehead atoms. The van der Waals surface area contributed by atoms with Gasteiger partial charge in [-0.2, -0.15) is 0 Å². The molecule has 0 aliphatic carbocycles. The van der Waals surface area contributed by atoms with Crippen LogP contribution in [0, 0.1) is 0 Å². The second-order valence-electron chi connectivity index (χ2n) is 3.83. The van der Waals surface area contributed by atoms with Gasteiger partial charge >= 0.3 is 0 Å². The first-order chi connectivity index (χ1) is 8.63. The Labute approximate surface area is 115 Å². The summed E-state index contributed by atoms with van der Waals surface area (Å²) in [4.78, 5) is 4.47. The van der Waals surface area contributed by atoms with Gasteiger partial charge in [0.2, 0.25) is 0 Å². The lowest BCUT2D eigenvalue weighted by Crippen LogP contribution is -1.77. The molecule has 0 aliphatic heterocycles. The van der Waals surface area contributed by atoms with Crippen LogP contribution in [0.1, 0.15) is 0 Å². The molecular weight excluding hydrogens is 314 g/mol. The predicted octanol–water partition coefficient (Wildman–Crippen LogP) is 4.14. The van der Waals surface area contributed by atoms with Gasteiger partial charge in [0.25, 0.3) is 0 Å². The zero-order valence-electron chi connectivity index (χ0n) is 9.09. The Kier molecular flexibility index (Phi) is 2.72. The molecule has 3 aromatic rings. The maximum atomic E-state index is 9.82. The molecule has 3 rings (SSSR count). The van der Waals surface area contributed by atoms with E-state index in [1.54, 1.807) is 6.07 Å². The lowest BCUT2D eigenvalue weighted by molar-refractivity contribution is 0.452. The molecule has 1 heterocycles. The zero-order valence-corrected chi connectivity index (χ0v) is 11.5. The molecule has 0 aliphatic rings. The van der Waals surface area contributed by atoms with Gasteiger partial charge in [0, 0.05) is 10.5 Å². The first-order valence-electron chi connectivity index (χ1n) is 5.22. The monoisotopic (exact) mass is 321 g/mol. The number of phenolic OH excluding ortho intramolecular Hbond substituents is 2. The Hall–Kier alpha value is -1.59. The van der Waals surface area contributed by atoms with E-state index in [1.807, 2.05) is 18.2 Å². The van der Waals surface area contributed by atoms with Crippen LogP contribution >= 0.6 is 27.3 Å². The summed E-state index contributed by atoms with van der Waals surface area (Å²) in [5.41, 5.74) is 1.52. The maximum Gasteiger partial charge on any atom is 0.129 e. The minimum Gasteiger partial charge on any atom is -0.508 e. The molecule has 2 N–H and O–H groups in total. The van der Waals surface area contributed by atoms with Crippen LogP contribution in [0.2, 0.25) is 0 Å². The maximum absolute atomic E-state index is 9.82. The Morgan fingerprint density at radius 1 is 1.06 bits per heavy atom. The molecule has 3 nitrogen and oxygen atoms in total. The zero-order chi connectivity index (χ0) is 12.7. The van der Waals surface area contributed by atoms with Gasteiger partial charge in [-0.25, -0.2) is 4.98 Å². The molecule has 2 aromatic carbocycles. The molecule has 0 unspecified atom stereocenters. The lowest BCUT2D eigenvalue weighted by atomic mass is 10.2. The fourth-order valence-corrected chi connectivity index (χ4v) is 3.27. The molecule has 1 aromatic heterocycles. The largest absolute Gasteiger partial charge is 0.508 e. The van der Waals surface area contributed by atoms with Crippen molar-refractivity contribution in [3.63, 3.8) is 0 Å². The Morgan fingerprint density at radius 3 is 2.67 bits per heavy atom. The summed E-state index contributed by atoms with van der Waals surface area (Å²) in [5.74, 6) is 0.0771. The number of aromatic hydroxyl groups is 2. The van der Waals surface area contributed by atoms with Gasteiger partial charge in [0.05, 0.1) is 15.8 Å². The van der Waals surface area contributed by atoms with Gasteiger partial charge in [-0.1, -0.05) is 15.9 Å². The average Bonchev–Trinajstić information content (AvgIpc) is 2.71. The predicted molar refractivity (Wildman–Crippen MR) is 76.1 cm³/mol. The number of hydrogen-bond donors (Lipinski definition) is 2. The van der Waals surface area contributed by atoms with Crippen LogP contribution in [-0.4, -0.2) is 15.2 Å². The van der Waals surface area contributed by atoms with Gasteiger partial charge in [-0.15, -0.1) is 11.3 Å². The first kappa shape index (κ1) is 11.5. The number of aromatic nitrogens is 1. The normalized spacial score (nSPS) is 10.9. The van der Waals surface area contributed by atoms with E-state index in [2.05, 4.69) is 20.9 Å². The quantitative estimate of drug-likeness (QED) is 0.708. The van der Waals surface area contributed by atoms with E-state index >= 15 is 0 Å². The van der Waals surface area contributed by atoms with Crippen LogP contribution in [-0.2, 0) is 0 Å². The van der Waals surface area contributed by atoms with Gasteiger partial charge in [0.15, 0.2) is 0 Å². The molecule has 0 spiro atoms. The highest BCUT2D eigenvalue weighted by Gasteiger charge is 2.11. The molecule has 18 heavy (non-hydrogen) atoms. The minimum atomic E-state index is 0.0353. The van der Waals surface area contributed by atoms with Gasteiger partial charge in [-0.05, 0) is 30.3 Å². The number of fused-ring (bicyclic) bond motifs is 1. The van der Waals surface area contributed by atoms with Crippen LogP contribution in [0.3, 0.4) is 0 Å². The van der Waals surface area contributed by atoms with Crippen LogP contribution in [0.25, 0.3) is 20.8 Å². The SMILES string of the molecule is Oc1ccc(-c2nc3ccc(Br)cc3s2)c(O)c1. The summed E-state index contributed by atoms with van der Waals surface area (Å²) in [6.07, 6.45) is 0. The summed E-state index contributed by atoms with van der Waals surface area (Å²) >= 11 is 4.92. The van der Waals surface area contributed by atoms with Crippen LogP contribution in [0.5, 0.6) is 11.5 Å². The first-order valence-corrected chi connectivity index (χ1v) is 6.83. The number of nitrogens with zero attached hydrogens (tertiary/aromatic N) is 1. The van der Waals surface area contributed by atoms with Gasteiger partial charge in [-0.3, -0.25) is 0 Å². The third-order valence-corrected chi connectivity index (χ3v) is 4.11. The van der Waals surface area contributed by atoms with Crippen molar-refractivity contribution in [3.8, 4) is 22.1 Å². The summed E-state index contributed by atoms with van der Waals surface area (Å²) in [6.45, 7) is 0. The highest BCUT2D eigenvalue weighted by molar-refractivity contribution is 9.10. The van der Waals surface area contributed by atoms with Crippen molar-refractivity contribution in [1.82, 2.24) is 4.98 Å². The van der Waals surface area contributed by atoms with Crippen molar-refractivity contribution in [2.75, 3.05) is 0 Å². The molecule has 90 valence electrons. The minimum absolute atomic E-state index is 0.0353. The smallest absolute Gasteiger partial charge is 0.129 e. The molecule has 5 heteroatoms. The molecular formula is C13H8BrNO2S.